The molecule has 0 bridgehead atoms. The van der Waals surface area contributed by atoms with Gasteiger partial charge in [0, 0.05) is 24.5 Å². The number of aromatic nitrogens is 2. The number of nitrogens with zero attached hydrogens (tertiary/aromatic N) is 3. The first-order valence-electron chi connectivity index (χ1n) is 10.1. The van der Waals surface area contributed by atoms with Gasteiger partial charge < -0.3 is 4.74 Å². The molecule has 4 rings (SSSR count). The molecule has 0 spiro atoms. The van der Waals surface area contributed by atoms with Gasteiger partial charge in [-0.2, -0.15) is 0 Å². The molecule has 0 saturated carbocycles. The van der Waals surface area contributed by atoms with Gasteiger partial charge in [-0.25, -0.2) is 23.2 Å². The number of benzene rings is 2. The smallest absolute Gasteiger partial charge is 0.343 e. The summed E-state index contributed by atoms with van der Waals surface area (Å²) in [5.74, 6) is -1.74. The minimum absolute atomic E-state index is 0.0217. The van der Waals surface area contributed by atoms with E-state index in [2.05, 4.69) is 15.3 Å². The lowest BCUT2D eigenvalue weighted by molar-refractivity contribution is -0.113. The highest BCUT2D eigenvalue weighted by molar-refractivity contribution is 7.89. The minimum Gasteiger partial charge on any atom is -0.420 e. The van der Waals surface area contributed by atoms with Gasteiger partial charge in [0.2, 0.25) is 5.95 Å². The van der Waals surface area contributed by atoms with Crippen LogP contribution < -0.4 is 5.32 Å². The number of likely N-dealkylation sites (N-methyl/N-ethyl adjacent to an activating group) is 1. The van der Waals surface area contributed by atoms with E-state index in [1.807, 2.05) is 6.92 Å². The molecule has 2 aromatic carbocycles. The zero-order valence-corrected chi connectivity index (χ0v) is 18.7. The topological polar surface area (TPSA) is 119 Å². The molecule has 1 N–H and O–H groups in total. The van der Waals surface area contributed by atoms with Crippen LogP contribution in [0.5, 0.6) is 0 Å². The van der Waals surface area contributed by atoms with Crippen molar-refractivity contribution in [3.05, 3.63) is 89.4 Å². The van der Waals surface area contributed by atoms with Gasteiger partial charge in [0.15, 0.2) is 11.5 Å². The summed E-state index contributed by atoms with van der Waals surface area (Å²) in [7, 11) is -4.08. The second-order valence-corrected chi connectivity index (χ2v) is 8.96. The number of anilines is 1. The standard InChI is InChI=1S/C23H20N4O5S/c1-3-27-19(21(28)26-23-24-13-6-14-25-23)20(17-7-4-5-8-18(17)33(27,30)31)32-22(29)16-11-9-15(2)10-12-16/h4-14H,3H2,1-2H3,(H,24,25,26,28). The Kier molecular flexibility index (Phi) is 5.93. The molecule has 0 aliphatic carbocycles. The second-order valence-electron chi connectivity index (χ2n) is 7.13. The molecule has 0 unspecified atom stereocenters. The third-order valence-corrected chi connectivity index (χ3v) is 6.87. The minimum atomic E-state index is -4.08. The van der Waals surface area contributed by atoms with Crippen LogP contribution in [0.2, 0.25) is 0 Å². The number of hydrogen-bond donors (Lipinski definition) is 1. The van der Waals surface area contributed by atoms with Gasteiger partial charge >= 0.3 is 5.97 Å². The normalized spacial score (nSPS) is 14.4. The molecule has 168 valence electrons. The number of aryl methyl sites for hydroxylation is 1. The lowest BCUT2D eigenvalue weighted by Crippen LogP contribution is -2.40. The first-order chi connectivity index (χ1) is 15.8. The van der Waals surface area contributed by atoms with Crippen LogP contribution in [0.3, 0.4) is 0 Å². The average Bonchev–Trinajstić information content (AvgIpc) is 2.81. The number of fused-ring (bicyclic) bond motifs is 1. The summed E-state index contributed by atoms with van der Waals surface area (Å²) in [6.07, 6.45) is 2.86. The predicted molar refractivity (Wildman–Crippen MR) is 120 cm³/mol. The molecule has 0 atom stereocenters. The molecule has 3 aromatic rings. The maximum absolute atomic E-state index is 13.3. The van der Waals surface area contributed by atoms with E-state index in [4.69, 9.17) is 4.74 Å². The van der Waals surface area contributed by atoms with E-state index in [-0.39, 0.29) is 40.0 Å². The molecule has 10 heteroatoms. The highest BCUT2D eigenvalue weighted by Crippen LogP contribution is 2.38. The zero-order valence-electron chi connectivity index (χ0n) is 17.8. The molecule has 1 aromatic heterocycles. The molecule has 33 heavy (non-hydrogen) atoms. The largest absolute Gasteiger partial charge is 0.420 e. The fourth-order valence-electron chi connectivity index (χ4n) is 3.37. The van der Waals surface area contributed by atoms with E-state index in [0.717, 1.165) is 9.87 Å². The molecule has 0 saturated heterocycles. The second kappa shape index (κ2) is 8.83. The maximum atomic E-state index is 13.3. The van der Waals surface area contributed by atoms with Crippen LogP contribution in [-0.4, -0.2) is 41.1 Å². The third kappa shape index (κ3) is 4.20. The Morgan fingerprint density at radius 2 is 1.67 bits per heavy atom. The number of ether oxygens (including phenoxy) is 1. The van der Waals surface area contributed by atoms with Crippen molar-refractivity contribution in [2.24, 2.45) is 0 Å². The zero-order chi connectivity index (χ0) is 23.6. The summed E-state index contributed by atoms with van der Waals surface area (Å²) in [5.41, 5.74) is 0.999. The molecular weight excluding hydrogens is 444 g/mol. The van der Waals surface area contributed by atoms with Crippen molar-refractivity contribution in [2.45, 2.75) is 18.7 Å². The van der Waals surface area contributed by atoms with Crippen LogP contribution in [0, 0.1) is 6.92 Å². The van der Waals surface area contributed by atoms with E-state index in [1.165, 1.54) is 24.5 Å². The van der Waals surface area contributed by atoms with Crippen molar-refractivity contribution >= 4 is 33.6 Å². The van der Waals surface area contributed by atoms with Crippen LogP contribution >= 0.6 is 0 Å². The monoisotopic (exact) mass is 464 g/mol. The molecule has 1 aliphatic rings. The summed E-state index contributed by atoms with van der Waals surface area (Å²) in [6, 6.07) is 14.3. The van der Waals surface area contributed by atoms with Crippen LogP contribution in [0.1, 0.15) is 28.4 Å². The Morgan fingerprint density at radius 3 is 2.33 bits per heavy atom. The highest BCUT2D eigenvalue weighted by atomic mass is 32.2. The molecule has 1 aliphatic heterocycles. The molecule has 2 heterocycles. The predicted octanol–water partition coefficient (Wildman–Crippen LogP) is 2.97. The van der Waals surface area contributed by atoms with Crippen molar-refractivity contribution in [3.63, 3.8) is 0 Å². The number of rotatable bonds is 5. The Bertz CT molecular complexity index is 1350. The van der Waals surface area contributed by atoms with Crippen LogP contribution in [0.15, 0.2) is 77.6 Å². The van der Waals surface area contributed by atoms with Gasteiger partial charge in [-0.1, -0.05) is 29.8 Å². The number of amides is 1. The SMILES string of the molecule is CCN1C(C(=O)Nc2ncccn2)=C(OC(=O)c2ccc(C)cc2)c2ccccc2S1(=O)=O. The summed E-state index contributed by atoms with van der Waals surface area (Å²) < 4.78 is 33.1. The van der Waals surface area contributed by atoms with Crippen molar-refractivity contribution in [1.29, 1.82) is 0 Å². The summed E-state index contributed by atoms with van der Waals surface area (Å²) in [6.45, 7) is 3.39. The van der Waals surface area contributed by atoms with Crippen LogP contribution in [-0.2, 0) is 19.6 Å². The van der Waals surface area contributed by atoms with Gasteiger partial charge in [-0.15, -0.1) is 0 Å². The maximum Gasteiger partial charge on any atom is 0.343 e. The molecular formula is C23H20N4O5S. The Labute approximate surface area is 190 Å². The first kappa shape index (κ1) is 22.2. The number of carbonyl (C=O) groups excluding carboxylic acids is 2. The van der Waals surface area contributed by atoms with Crippen molar-refractivity contribution in [2.75, 3.05) is 11.9 Å². The number of esters is 1. The van der Waals surface area contributed by atoms with Gasteiger partial charge in [0.25, 0.3) is 15.9 Å². The quantitative estimate of drug-likeness (QED) is 0.577. The average molecular weight is 465 g/mol. The lowest BCUT2D eigenvalue weighted by atomic mass is 10.1. The number of carbonyl (C=O) groups is 2. The van der Waals surface area contributed by atoms with Crippen LogP contribution in [0.4, 0.5) is 5.95 Å². The molecule has 9 nitrogen and oxygen atoms in total. The van der Waals surface area contributed by atoms with Gasteiger partial charge in [-0.05, 0) is 44.2 Å². The molecule has 0 fully saturated rings. The van der Waals surface area contributed by atoms with Crippen molar-refractivity contribution in [3.8, 4) is 0 Å². The van der Waals surface area contributed by atoms with E-state index in [0.29, 0.717) is 0 Å². The summed E-state index contributed by atoms with van der Waals surface area (Å²) in [5, 5.41) is 2.48. The number of sulfonamides is 1. The fourth-order valence-corrected chi connectivity index (χ4v) is 5.05. The molecule has 0 radical (unpaired) electrons. The van der Waals surface area contributed by atoms with Gasteiger partial charge in [0.05, 0.1) is 10.5 Å². The fraction of sp³-hybridized carbons (Fsp3) is 0.130. The third-order valence-electron chi connectivity index (χ3n) is 4.94. The first-order valence-corrected chi connectivity index (χ1v) is 11.5. The van der Waals surface area contributed by atoms with E-state index in [1.54, 1.807) is 49.4 Å². The summed E-state index contributed by atoms with van der Waals surface area (Å²) >= 11 is 0. The number of hydrogen-bond acceptors (Lipinski definition) is 7. The molecule has 1 amide bonds. The van der Waals surface area contributed by atoms with Crippen molar-refractivity contribution < 1.29 is 22.7 Å². The van der Waals surface area contributed by atoms with E-state index in [9.17, 15) is 18.0 Å². The van der Waals surface area contributed by atoms with E-state index >= 15 is 0 Å². The van der Waals surface area contributed by atoms with Gasteiger partial charge in [-0.3, -0.25) is 14.4 Å². The van der Waals surface area contributed by atoms with E-state index < -0.39 is 21.9 Å². The van der Waals surface area contributed by atoms with Crippen LogP contribution in [0.25, 0.3) is 5.76 Å². The van der Waals surface area contributed by atoms with Crippen molar-refractivity contribution in [1.82, 2.24) is 14.3 Å². The number of nitrogens with one attached hydrogen (secondary N) is 1. The Morgan fingerprint density at radius 1 is 1.00 bits per heavy atom. The Balaban J connectivity index is 1.87. The summed E-state index contributed by atoms with van der Waals surface area (Å²) in [4.78, 5) is 34.0. The Hall–Kier alpha value is -4.05. The lowest BCUT2D eigenvalue weighted by Gasteiger charge is -2.31. The highest BCUT2D eigenvalue weighted by Gasteiger charge is 2.41. The van der Waals surface area contributed by atoms with Gasteiger partial charge in [0.1, 0.15) is 0 Å².